The second kappa shape index (κ2) is 8.69. The molecular formula is C20H18FN3O5S2. The molecule has 1 aliphatic rings. The van der Waals surface area contributed by atoms with Crippen LogP contribution in [0.4, 0.5) is 10.1 Å². The SMILES string of the molecule is O=[N+]([O-])c1cc(S(=O)(=O)N2CCCC2)ccc1OCc1csc(-c2ccc(F)cc2)n1. The summed E-state index contributed by atoms with van der Waals surface area (Å²) in [6.07, 6.45) is 1.55. The van der Waals surface area contributed by atoms with Gasteiger partial charge in [-0.1, -0.05) is 0 Å². The van der Waals surface area contributed by atoms with Crippen LogP contribution < -0.4 is 4.74 Å². The van der Waals surface area contributed by atoms with Crippen LogP contribution >= 0.6 is 11.3 Å². The van der Waals surface area contributed by atoms with Gasteiger partial charge in [0.05, 0.1) is 15.5 Å². The highest BCUT2D eigenvalue weighted by Crippen LogP contribution is 2.33. The summed E-state index contributed by atoms with van der Waals surface area (Å²) < 4.78 is 45.4. The van der Waals surface area contributed by atoms with Crippen molar-refractivity contribution in [3.63, 3.8) is 0 Å². The van der Waals surface area contributed by atoms with E-state index in [1.807, 2.05) is 0 Å². The van der Waals surface area contributed by atoms with E-state index >= 15 is 0 Å². The number of nitro benzene ring substituents is 1. The zero-order valence-electron chi connectivity index (χ0n) is 16.2. The molecule has 4 rings (SSSR count). The molecule has 0 atom stereocenters. The van der Waals surface area contributed by atoms with Crippen molar-refractivity contribution in [2.45, 2.75) is 24.3 Å². The maximum Gasteiger partial charge on any atom is 0.312 e. The van der Waals surface area contributed by atoms with Gasteiger partial charge in [0.2, 0.25) is 10.0 Å². The molecule has 0 radical (unpaired) electrons. The molecule has 11 heteroatoms. The molecule has 1 aliphatic heterocycles. The average molecular weight is 464 g/mol. The summed E-state index contributed by atoms with van der Waals surface area (Å²) >= 11 is 1.34. The smallest absolute Gasteiger partial charge is 0.312 e. The third kappa shape index (κ3) is 4.58. The molecule has 0 saturated carbocycles. The van der Waals surface area contributed by atoms with Crippen molar-refractivity contribution >= 4 is 27.0 Å². The Kier molecular flexibility index (Phi) is 5.99. The number of nitrogens with zero attached hydrogens (tertiary/aromatic N) is 3. The fourth-order valence-corrected chi connectivity index (χ4v) is 5.60. The van der Waals surface area contributed by atoms with Crippen molar-refractivity contribution in [1.29, 1.82) is 0 Å². The lowest BCUT2D eigenvalue weighted by Gasteiger charge is -2.15. The van der Waals surface area contributed by atoms with Gasteiger partial charge in [0.15, 0.2) is 5.75 Å². The van der Waals surface area contributed by atoms with E-state index in [1.54, 1.807) is 17.5 Å². The van der Waals surface area contributed by atoms with E-state index < -0.39 is 20.6 Å². The molecule has 1 fully saturated rings. The van der Waals surface area contributed by atoms with Crippen molar-refractivity contribution in [2.24, 2.45) is 0 Å². The minimum atomic E-state index is -3.77. The third-order valence-electron chi connectivity index (χ3n) is 4.85. The Morgan fingerprint density at radius 3 is 2.55 bits per heavy atom. The molecule has 1 saturated heterocycles. The molecule has 2 heterocycles. The highest BCUT2D eigenvalue weighted by Gasteiger charge is 2.29. The molecule has 0 bridgehead atoms. The molecule has 0 aliphatic carbocycles. The topological polar surface area (TPSA) is 103 Å². The highest BCUT2D eigenvalue weighted by atomic mass is 32.2. The van der Waals surface area contributed by atoms with Gasteiger partial charge in [-0.3, -0.25) is 10.1 Å². The first-order valence-electron chi connectivity index (χ1n) is 9.46. The lowest BCUT2D eigenvalue weighted by atomic mass is 10.2. The van der Waals surface area contributed by atoms with Crippen LogP contribution in [0.3, 0.4) is 0 Å². The number of rotatable bonds is 7. The zero-order valence-corrected chi connectivity index (χ0v) is 17.9. The fourth-order valence-electron chi connectivity index (χ4n) is 3.25. The van der Waals surface area contributed by atoms with Crippen LogP contribution in [-0.2, 0) is 16.6 Å². The molecule has 162 valence electrons. The van der Waals surface area contributed by atoms with Crippen LogP contribution in [0.2, 0.25) is 0 Å². The van der Waals surface area contributed by atoms with Gasteiger partial charge in [-0.15, -0.1) is 11.3 Å². The van der Waals surface area contributed by atoms with Crippen molar-refractivity contribution in [2.75, 3.05) is 13.1 Å². The average Bonchev–Trinajstić information content (AvgIpc) is 3.45. The van der Waals surface area contributed by atoms with E-state index in [4.69, 9.17) is 4.74 Å². The van der Waals surface area contributed by atoms with E-state index in [0.717, 1.165) is 24.5 Å². The Labute approximate surface area is 182 Å². The first-order valence-corrected chi connectivity index (χ1v) is 11.8. The number of thiazole rings is 1. The zero-order chi connectivity index (χ0) is 22.0. The number of sulfonamides is 1. The molecule has 2 aromatic carbocycles. The largest absolute Gasteiger partial charge is 0.480 e. The first kappa shape index (κ1) is 21.3. The molecule has 0 unspecified atom stereocenters. The summed E-state index contributed by atoms with van der Waals surface area (Å²) in [5, 5.41) is 13.9. The van der Waals surface area contributed by atoms with Crippen LogP contribution in [0, 0.1) is 15.9 Å². The maximum atomic E-state index is 13.1. The van der Waals surface area contributed by atoms with Gasteiger partial charge in [-0.2, -0.15) is 4.31 Å². The number of hydrogen-bond acceptors (Lipinski definition) is 7. The summed E-state index contributed by atoms with van der Waals surface area (Å²) in [6, 6.07) is 9.57. The van der Waals surface area contributed by atoms with Gasteiger partial charge in [-0.05, 0) is 49.2 Å². The van der Waals surface area contributed by atoms with Crippen molar-refractivity contribution in [3.8, 4) is 16.3 Å². The standard InChI is InChI=1S/C20H18FN3O5S2/c21-15-5-3-14(4-6-15)20-22-16(13-30-20)12-29-19-8-7-17(11-18(19)24(25)26)31(27,28)23-9-1-2-10-23/h3-8,11,13H,1-2,9-10,12H2. The maximum absolute atomic E-state index is 13.1. The molecule has 31 heavy (non-hydrogen) atoms. The summed E-state index contributed by atoms with van der Waals surface area (Å²) in [5.74, 6) is -0.381. The lowest BCUT2D eigenvalue weighted by molar-refractivity contribution is -0.386. The lowest BCUT2D eigenvalue weighted by Crippen LogP contribution is -2.27. The Bertz CT molecular complexity index is 1210. The number of ether oxygens (including phenoxy) is 1. The molecule has 3 aromatic rings. The van der Waals surface area contributed by atoms with Crippen LogP contribution in [0.15, 0.2) is 52.7 Å². The summed E-state index contributed by atoms with van der Waals surface area (Å²) in [7, 11) is -3.77. The van der Waals surface area contributed by atoms with E-state index in [0.29, 0.717) is 23.8 Å². The first-order chi connectivity index (χ1) is 14.8. The number of aromatic nitrogens is 1. The Morgan fingerprint density at radius 1 is 1.16 bits per heavy atom. The van der Waals surface area contributed by atoms with Gasteiger partial charge < -0.3 is 4.74 Å². The van der Waals surface area contributed by atoms with E-state index in [9.17, 15) is 22.9 Å². The summed E-state index contributed by atoms with van der Waals surface area (Å²) in [6.45, 7) is 0.792. The Balaban J connectivity index is 1.52. The molecule has 0 amide bonds. The van der Waals surface area contributed by atoms with Crippen LogP contribution in [0.5, 0.6) is 5.75 Å². The molecule has 0 spiro atoms. The normalized spacial score (nSPS) is 14.6. The number of hydrogen-bond donors (Lipinski definition) is 0. The predicted octanol–water partition coefficient (Wildman–Crippen LogP) is 4.22. The highest BCUT2D eigenvalue weighted by molar-refractivity contribution is 7.89. The minimum absolute atomic E-state index is 0.0310. The van der Waals surface area contributed by atoms with E-state index in [1.165, 1.54) is 39.9 Å². The summed E-state index contributed by atoms with van der Waals surface area (Å²) in [5.41, 5.74) is 0.877. The van der Waals surface area contributed by atoms with Crippen molar-refractivity contribution in [3.05, 3.63) is 69.5 Å². The fraction of sp³-hybridized carbons (Fsp3) is 0.250. The number of nitro groups is 1. The van der Waals surface area contributed by atoms with Gasteiger partial charge >= 0.3 is 5.69 Å². The number of benzene rings is 2. The van der Waals surface area contributed by atoms with Crippen LogP contribution in [-0.4, -0.2) is 35.7 Å². The van der Waals surface area contributed by atoms with Gasteiger partial charge in [0, 0.05) is 30.1 Å². The summed E-state index contributed by atoms with van der Waals surface area (Å²) in [4.78, 5) is 15.1. The van der Waals surface area contributed by atoms with Crippen LogP contribution in [0.25, 0.3) is 10.6 Å². The van der Waals surface area contributed by atoms with Crippen LogP contribution in [0.1, 0.15) is 18.5 Å². The number of halogens is 1. The Hall–Kier alpha value is -2.89. The van der Waals surface area contributed by atoms with E-state index in [-0.39, 0.29) is 23.1 Å². The van der Waals surface area contributed by atoms with Crippen molar-refractivity contribution < 1.29 is 22.5 Å². The predicted molar refractivity (Wildman–Crippen MR) is 113 cm³/mol. The second-order valence-corrected chi connectivity index (χ2v) is 9.73. The van der Waals surface area contributed by atoms with E-state index in [2.05, 4.69) is 4.98 Å². The quantitative estimate of drug-likeness (QED) is 0.384. The third-order valence-corrected chi connectivity index (χ3v) is 7.68. The Morgan fingerprint density at radius 2 is 1.87 bits per heavy atom. The molecular weight excluding hydrogens is 445 g/mol. The second-order valence-electron chi connectivity index (χ2n) is 6.94. The molecule has 0 N–H and O–H groups in total. The van der Waals surface area contributed by atoms with Gasteiger partial charge in [0.1, 0.15) is 17.4 Å². The van der Waals surface area contributed by atoms with Crippen molar-refractivity contribution in [1.82, 2.24) is 9.29 Å². The molecule has 1 aromatic heterocycles. The molecule has 8 nitrogen and oxygen atoms in total. The van der Waals surface area contributed by atoms with Gasteiger partial charge in [0.25, 0.3) is 0 Å². The minimum Gasteiger partial charge on any atom is -0.480 e. The van der Waals surface area contributed by atoms with Gasteiger partial charge in [-0.25, -0.2) is 17.8 Å². The monoisotopic (exact) mass is 463 g/mol.